The minimum atomic E-state index is -0.304. The van der Waals surface area contributed by atoms with Crippen LogP contribution in [-0.2, 0) is 0 Å². The number of rotatable bonds is 3. The predicted molar refractivity (Wildman–Crippen MR) is 76.0 cm³/mol. The van der Waals surface area contributed by atoms with Crippen LogP contribution in [0.5, 0.6) is 0 Å². The summed E-state index contributed by atoms with van der Waals surface area (Å²) in [4.78, 5) is 2.29. The second kappa shape index (κ2) is 7.10. The van der Waals surface area contributed by atoms with Gasteiger partial charge in [0, 0.05) is 31.2 Å². The molecule has 0 radical (unpaired) electrons. The highest BCUT2D eigenvalue weighted by atomic mass is 35.5. The number of hydrogen-bond acceptors (Lipinski definition) is 2. The summed E-state index contributed by atoms with van der Waals surface area (Å²) in [5.74, 6) is -0.304. The van der Waals surface area contributed by atoms with E-state index in [2.05, 4.69) is 16.8 Å². The summed E-state index contributed by atoms with van der Waals surface area (Å²) in [5, 5.41) is 3.77. The fourth-order valence-corrected chi connectivity index (χ4v) is 2.45. The van der Waals surface area contributed by atoms with Gasteiger partial charge < -0.3 is 5.32 Å². The van der Waals surface area contributed by atoms with Crippen LogP contribution in [0, 0.1) is 5.82 Å². The molecular formula is C13H17Cl2FN2. The zero-order valence-corrected chi connectivity index (χ0v) is 11.6. The molecular weight excluding hydrogens is 274 g/mol. The van der Waals surface area contributed by atoms with Gasteiger partial charge in [0.15, 0.2) is 0 Å². The molecule has 1 aliphatic heterocycles. The summed E-state index contributed by atoms with van der Waals surface area (Å²) < 4.78 is 13.0. The summed E-state index contributed by atoms with van der Waals surface area (Å²) in [6.07, 6.45) is 1.87. The van der Waals surface area contributed by atoms with Crippen molar-refractivity contribution >= 4 is 24.0 Å². The van der Waals surface area contributed by atoms with E-state index in [9.17, 15) is 4.39 Å². The van der Waals surface area contributed by atoms with Crippen LogP contribution in [0.15, 0.2) is 30.9 Å². The van der Waals surface area contributed by atoms with Gasteiger partial charge in [0.1, 0.15) is 5.82 Å². The Labute approximate surface area is 118 Å². The van der Waals surface area contributed by atoms with Gasteiger partial charge in [-0.25, -0.2) is 4.39 Å². The first-order chi connectivity index (χ1) is 8.22. The molecule has 1 N–H and O–H groups in total. The zero-order valence-electron chi connectivity index (χ0n) is 10.0. The minimum Gasteiger partial charge on any atom is -0.314 e. The maximum atomic E-state index is 13.0. The molecule has 2 rings (SSSR count). The largest absolute Gasteiger partial charge is 0.314 e. The lowest BCUT2D eigenvalue weighted by Crippen LogP contribution is -2.44. The smallest absolute Gasteiger partial charge is 0.124 e. The molecule has 0 saturated carbocycles. The van der Waals surface area contributed by atoms with E-state index in [0.29, 0.717) is 5.02 Å². The lowest BCUT2D eigenvalue weighted by molar-refractivity contribution is 0.203. The van der Waals surface area contributed by atoms with Gasteiger partial charge in [-0.15, -0.1) is 19.0 Å². The lowest BCUT2D eigenvalue weighted by atomic mass is 10.0. The lowest BCUT2D eigenvalue weighted by Gasteiger charge is -2.33. The zero-order chi connectivity index (χ0) is 12.3. The average Bonchev–Trinajstić information content (AvgIpc) is 2.34. The Morgan fingerprint density at radius 2 is 2.06 bits per heavy atom. The van der Waals surface area contributed by atoms with E-state index in [0.717, 1.165) is 31.7 Å². The SMILES string of the molecule is C=C[C@@H](c1ccc(F)cc1Cl)N1CCNCC1.Cl. The summed E-state index contributed by atoms with van der Waals surface area (Å²) >= 11 is 6.09. The van der Waals surface area contributed by atoms with Crippen molar-refractivity contribution in [2.24, 2.45) is 0 Å². The van der Waals surface area contributed by atoms with E-state index in [4.69, 9.17) is 11.6 Å². The average molecular weight is 291 g/mol. The van der Waals surface area contributed by atoms with E-state index < -0.39 is 0 Å². The first-order valence-electron chi connectivity index (χ1n) is 5.74. The van der Waals surface area contributed by atoms with E-state index in [1.54, 1.807) is 6.07 Å². The third kappa shape index (κ3) is 3.45. The van der Waals surface area contributed by atoms with Crippen molar-refractivity contribution in [1.29, 1.82) is 0 Å². The standard InChI is InChI=1S/C13H16ClFN2.ClH/c1-2-13(17-7-5-16-6-8-17)11-4-3-10(15)9-12(11)14;/h2-4,9,13,16H,1,5-8H2;1H/t13-;/m0./s1. The van der Waals surface area contributed by atoms with E-state index in [1.165, 1.54) is 12.1 Å². The second-order valence-corrected chi connectivity index (χ2v) is 4.54. The Balaban J connectivity index is 0.00000162. The first-order valence-corrected chi connectivity index (χ1v) is 6.12. The van der Waals surface area contributed by atoms with Gasteiger partial charge in [-0.05, 0) is 17.7 Å². The molecule has 1 saturated heterocycles. The fourth-order valence-electron chi connectivity index (χ4n) is 2.17. The van der Waals surface area contributed by atoms with Crippen molar-refractivity contribution in [2.45, 2.75) is 6.04 Å². The molecule has 100 valence electrons. The molecule has 1 aromatic carbocycles. The van der Waals surface area contributed by atoms with Crippen molar-refractivity contribution < 1.29 is 4.39 Å². The van der Waals surface area contributed by atoms with Gasteiger partial charge in [0.2, 0.25) is 0 Å². The van der Waals surface area contributed by atoms with Crippen molar-refractivity contribution in [3.63, 3.8) is 0 Å². The molecule has 0 spiro atoms. The number of nitrogens with zero attached hydrogens (tertiary/aromatic N) is 1. The third-order valence-corrected chi connectivity index (χ3v) is 3.38. The maximum absolute atomic E-state index is 13.0. The monoisotopic (exact) mass is 290 g/mol. The van der Waals surface area contributed by atoms with E-state index in [1.807, 2.05) is 6.08 Å². The number of nitrogens with one attached hydrogen (secondary N) is 1. The fraction of sp³-hybridized carbons (Fsp3) is 0.385. The van der Waals surface area contributed by atoms with Crippen LogP contribution >= 0.6 is 24.0 Å². The Morgan fingerprint density at radius 3 is 2.61 bits per heavy atom. The molecule has 0 bridgehead atoms. The Morgan fingerprint density at radius 1 is 1.39 bits per heavy atom. The Kier molecular flexibility index (Phi) is 6.09. The van der Waals surface area contributed by atoms with Crippen LogP contribution in [0.2, 0.25) is 5.02 Å². The van der Waals surface area contributed by atoms with Crippen LogP contribution in [0.25, 0.3) is 0 Å². The topological polar surface area (TPSA) is 15.3 Å². The van der Waals surface area contributed by atoms with Gasteiger partial charge in [0.05, 0.1) is 6.04 Å². The van der Waals surface area contributed by atoms with Gasteiger partial charge in [-0.1, -0.05) is 23.7 Å². The normalized spacial score (nSPS) is 17.9. The molecule has 0 amide bonds. The molecule has 1 heterocycles. The van der Waals surface area contributed by atoms with Gasteiger partial charge in [-0.2, -0.15) is 0 Å². The quantitative estimate of drug-likeness (QED) is 0.861. The Hall–Kier alpha value is -0.610. The van der Waals surface area contributed by atoms with Crippen LogP contribution in [-0.4, -0.2) is 31.1 Å². The summed E-state index contributed by atoms with van der Waals surface area (Å²) in [5.41, 5.74) is 0.921. The van der Waals surface area contributed by atoms with Crippen molar-refractivity contribution in [3.05, 3.63) is 47.3 Å². The highest BCUT2D eigenvalue weighted by molar-refractivity contribution is 6.31. The summed E-state index contributed by atoms with van der Waals surface area (Å²) in [6.45, 7) is 7.68. The molecule has 0 unspecified atom stereocenters. The highest BCUT2D eigenvalue weighted by Crippen LogP contribution is 2.29. The summed E-state index contributed by atoms with van der Waals surface area (Å²) in [7, 11) is 0. The molecule has 0 aliphatic carbocycles. The van der Waals surface area contributed by atoms with Crippen LogP contribution < -0.4 is 5.32 Å². The van der Waals surface area contributed by atoms with E-state index in [-0.39, 0.29) is 24.3 Å². The molecule has 2 nitrogen and oxygen atoms in total. The minimum absolute atomic E-state index is 0. The highest BCUT2D eigenvalue weighted by Gasteiger charge is 2.21. The van der Waals surface area contributed by atoms with Gasteiger partial charge in [-0.3, -0.25) is 4.90 Å². The summed E-state index contributed by atoms with van der Waals surface area (Å²) in [6, 6.07) is 4.60. The number of benzene rings is 1. The molecule has 1 atom stereocenters. The van der Waals surface area contributed by atoms with Crippen LogP contribution in [0.4, 0.5) is 4.39 Å². The predicted octanol–water partition coefficient (Wildman–Crippen LogP) is 3.03. The molecule has 1 aromatic rings. The first kappa shape index (κ1) is 15.4. The van der Waals surface area contributed by atoms with E-state index >= 15 is 0 Å². The van der Waals surface area contributed by atoms with Crippen molar-refractivity contribution in [3.8, 4) is 0 Å². The molecule has 1 aliphatic rings. The molecule has 1 fully saturated rings. The maximum Gasteiger partial charge on any atom is 0.124 e. The Bertz CT molecular complexity index is 406. The van der Waals surface area contributed by atoms with Crippen molar-refractivity contribution in [2.75, 3.05) is 26.2 Å². The number of halogens is 3. The second-order valence-electron chi connectivity index (χ2n) is 4.13. The third-order valence-electron chi connectivity index (χ3n) is 3.05. The van der Waals surface area contributed by atoms with Gasteiger partial charge in [0.25, 0.3) is 0 Å². The number of hydrogen-bond donors (Lipinski definition) is 1. The molecule has 5 heteroatoms. The molecule has 0 aromatic heterocycles. The van der Waals surface area contributed by atoms with Crippen LogP contribution in [0.3, 0.4) is 0 Å². The van der Waals surface area contributed by atoms with Gasteiger partial charge >= 0.3 is 0 Å². The van der Waals surface area contributed by atoms with Crippen molar-refractivity contribution in [1.82, 2.24) is 10.2 Å². The number of piperazine rings is 1. The van der Waals surface area contributed by atoms with Crippen LogP contribution in [0.1, 0.15) is 11.6 Å². The molecule has 18 heavy (non-hydrogen) atoms.